The molecule has 0 bridgehead atoms. The van der Waals surface area contributed by atoms with Gasteiger partial charge in [-0.15, -0.1) is 0 Å². The van der Waals surface area contributed by atoms with Crippen molar-refractivity contribution in [1.82, 2.24) is 9.80 Å². The normalized spacial score (nSPS) is 25.5. The summed E-state index contributed by atoms with van der Waals surface area (Å²) in [6.07, 6.45) is -1.47. The Morgan fingerprint density at radius 1 is 1.25 bits per heavy atom. The lowest BCUT2D eigenvalue weighted by Gasteiger charge is -2.25. The Kier molecular flexibility index (Phi) is 5.98. The molecule has 3 rings (SSSR count). The standard InChI is InChI=1S/C20H25F3N2O3/c1-24(12-18(26)27)15-6-3-8-25(9-7-15)19(28)17-11-16(17)13-4-2-5-14(10-13)20(21,22)23/h2,4-5,10,15-17H,3,6-9,11-12H2,1H3,(H,26,27)/t15-,16+,17+/m1/s1. The van der Waals surface area contributed by atoms with E-state index in [2.05, 4.69) is 0 Å². The zero-order valence-electron chi connectivity index (χ0n) is 15.8. The van der Waals surface area contributed by atoms with Gasteiger partial charge < -0.3 is 10.0 Å². The molecule has 1 aliphatic heterocycles. The predicted octanol–water partition coefficient (Wildman–Crippen LogP) is 3.21. The van der Waals surface area contributed by atoms with Crippen molar-refractivity contribution in [2.24, 2.45) is 5.92 Å². The van der Waals surface area contributed by atoms with Crippen LogP contribution in [0.2, 0.25) is 0 Å². The van der Waals surface area contributed by atoms with E-state index in [0.29, 0.717) is 31.5 Å². The minimum Gasteiger partial charge on any atom is -0.480 e. The van der Waals surface area contributed by atoms with Crippen LogP contribution in [0.1, 0.15) is 42.7 Å². The van der Waals surface area contributed by atoms with Crippen molar-refractivity contribution in [2.75, 3.05) is 26.7 Å². The third kappa shape index (κ3) is 4.84. The average molecular weight is 398 g/mol. The van der Waals surface area contributed by atoms with Crippen LogP contribution in [0.15, 0.2) is 24.3 Å². The molecule has 1 saturated carbocycles. The maximum atomic E-state index is 12.9. The highest BCUT2D eigenvalue weighted by Gasteiger charge is 2.46. The zero-order chi connectivity index (χ0) is 20.5. The van der Waals surface area contributed by atoms with Gasteiger partial charge in [0.1, 0.15) is 0 Å². The van der Waals surface area contributed by atoms with Crippen LogP contribution in [0.25, 0.3) is 0 Å². The first kappa shape index (κ1) is 20.6. The second-order valence-corrected chi connectivity index (χ2v) is 7.79. The summed E-state index contributed by atoms with van der Waals surface area (Å²) in [6, 6.07) is 5.37. The van der Waals surface area contributed by atoms with E-state index in [1.165, 1.54) is 6.07 Å². The Balaban J connectivity index is 1.58. The lowest BCUT2D eigenvalue weighted by atomic mass is 10.0. The molecule has 2 fully saturated rings. The van der Waals surface area contributed by atoms with Crippen LogP contribution < -0.4 is 0 Å². The fourth-order valence-corrected chi connectivity index (χ4v) is 4.10. The van der Waals surface area contributed by atoms with E-state index >= 15 is 0 Å². The number of nitrogens with zero attached hydrogens (tertiary/aromatic N) is 2. The number of halogens is 3. The summed E-state index contributed by atoms with van der Waals surface area (Å²) in [7, 11) is 1.78. The van der Waals surface area contributed by atoms with Crippen molar-refractivity contribution in [3.8, 4) is 0 Å². The molecule has 0 radical (unpaired) electrons. The largest absolute Gasteiger partial charge is 0.480 e. The maximum absolute atomic E-state index is 12.9. The molecule has 1 heterocycles. The van der Waals surface area contributed by atoms with Crippen LogP contribution in [0.3, 0.4) is 0 Å². The molecule has 0 unspecified atom stereocenters. The summed E-state index contributed by atoms with van der Waals surface area (Å²) in [5, 5.41) is 8.94. The molecule has 0 spiro atoms. The van der Waals surface area contributed by atoms with E-state index in [9.17, 15) is 22.8 Å². The number of carboxylic acids is 1. The number of hydrogen-bond acceptors (Lipinski definition) is 3. The molecule has 1 aliphatic carbocycles. The molecule has 1 aromatic carbocycles. The van der Waals surface area contributed by atoms with Crippen molar-refractivity contribution in [3.63, 3.8) is 0 Å². The molecular weight excluding hydrogens is 373 g/mol. The number of rotatable bonds is 5. The molecule has 5 nitrogen and oxygen atoms in total. The zero-order valence-corrected chi connectivity index (χ0v) is 15.8. The third-order valence-corrected chi connectivity index (χ3v) is 5.77. The minimum absolute atomic E-state index is 0.00366. The lowest BCUT2D eigenvalue weighted by Crippen LogP contribution is -2.37. The number of carbonyl (C=O) groups excluding carboxylic acids is 1. The summed E-state index contributed by atoms with van der Waals surface area (Å²) in [6.45, 7) is 1.14. The topological polar surface area (TPSA) is 60.9 Å². The summed E-state index contributed by atoms with van der Waals surface area (Å²) >= 11 is 0. The number of aliphatic carboxylic acids is 1. The number of benzene rings is 1. The van der Waals surface area contributed by atoms with E-state index in [0.717, 1.165) is 25.0 Å². The van der Waals surface area contributed by atoms with Crippen LogP contribution in [0.4, 0.5) is 13.2 Å². The van der Waals surface area contributed by atoms with Gasteiger partial charge in [-0.2, -0.15) is 13.2 Å². The molecule has 8 heteroatoms. The minimum atomic E-state index is -4.38. The smallest absolute Gasteiger partial charge is 0.416 e. The van der Waals surface area contributed by atoms with E-state index in [1.54, 1.807) is 22.9 Å². The van der Waals surface area contributed by atoms with Crippen molar-refractivity contribution < 1.29 is 27.9 Å². The highest BCUT2D eigenvalue weighted by molar-refractivity contribution is 5.83. The Morgan fingerprint density at radius 3 is 2.68 bits per heavy atom. The van der Waals surface area contributed by atoms with E-state index < -0.39 is 17.7 Å². The van der Waals surface area contributed by atoms with Crippen molar-refractivity contribution in [3.05, 3.63) is 35.4 Å². The predicted molar refractivity (Wildman–Crippen MR) is 96.8 cm³/mol. The first-order valence-corrected chi connectivity index (χ1v) is 9.55. The number of carboxylic acid groups (broad SMARTS) is 1. The van der Waals surface area contributed by atoms with Gasteiger partial charge in [-0.3, -0.25) is 14.5 Å². The van der Waals surface area contributed by atoms with Gasteiger partial charge in [-0.05, 0) is 50.3 Å². The van der Waals surface area contributed by atoms with Crippen molar-refractivity contribution in [1.29, 1.82) is 0 Å². The van der Waals surface area contributed by atoms with Gasteiger partial charge in [-0.25, -0.2) is 0 Å². The Bertz CT molecular complexity index is 738. The van der Waals surface area contributed by atoms with E-state index in [4.69, 9.17) is 5.11 Å². The molecule has 28 heavy (non-hydrogen) atoms. The molecule has 2 aliphatic rings. The number of likely N-dealkylation sites (N-methyl/N-ethyl adjacent to an activating group) is 1. The van der Waals surface area contributed by atoms with Crippen LogP contribution in [-0.2, 0) is 15.8 Å². The number of alkyl halides is 3. The number of likely N-dealkylation sites (tertiary alicyclic amines) is 1. The number of carbonyl (C=O) groups is 2. The highest BCUT2D eigenvalue weighted by atomic mass is 19.4. The van der Waals surface area contributed by atoms with Gasteiger partial charge in [0.25, 0.3) is 0 Å². The van der Waals surface area contributed by atoms with E-state index in [-0.39, 0.29) is 30.3 Å². The fraction of sp³-hybridized carbons (Fsp3) is 0.600. The quantitative estimate of drug-likeness (QED) is 0.828. The SMILES string of the molecule is CN(CC(=O)O)[C@@H]1CCCN(C(=O)[C@H]2C[C@H]2c2cccc(C(F)(F)F)c2)CC1. The molecule has 154 valence electrons. The fourth-order valence-electron chi connectivity index (χ4n) is 4.10. The summed E-state index contributed by atoms with van der Waals surface area (Å²) in [5.74, 6) is -1.27. The molecule has 0 aromatic heterocycles. The highest BCUT2D eigenvalue weighted by Crippen LogP contribution is 2.49. The third-order valence-electron chi connectivity index (χ3n) is 5.77. The summed E-state index contributed by atoms with van der Waals surface area (Å²) < 4.78 is 38.7. The Hall–Kier alpha value is -2.09. The van der Waals surface area contributed by atoms with Crippen LogP contribution in [0, 0.1) is 5.92 Å². The molecule has 1 amide bonds. The van der Waals surface area contributed by atoms with Crippen molar-refractivity contribution in [2.45, 2.75) is 43.8 Å². The molecule has 1 N–H and O–H groups in total. The van der Waals surface area contributed by atoms with Gasteiger partial charge in [0.2, 0.25) is 5.91 Å². The van der Waals surface area contributed by atoms with E-state index in [1.807, 2.05) is 0 Å². The van der Waals surface area contributed by atoms with Gasteiger partial charge in [0.15, 0.2) is 0 Å². The number of amides is 1. The average Bonchev–Trinajstić information content (AvgIpc) is 3.43. The summed E-state index contributed by atoms with van der Waals surface area (Å²) in [4.78, 5) is 27.3. The lowest BCUT2D eigenvalue weighted by molar-refractivity contribution is -0.139. The first-order valence-electron chi connectivity index (χ1n) is 9.55. The van der Waals surface area contributed by atoms with Crippen molar-refractivity contribution >= 4 is 11.9 Å². The van der Waals surface area contributed by atoms with Crippen LogP contribution >= 0.6 is 0 Å². The van der Waals surface area contributed by atoms with Gasteiger partial charge >= 0.3 is 12.1 Å². The molecular formula is C20H25F3N2O3. The Morgan fingerprint density at radius 2 is 2.00 bits per heavy atom. The monoisotopic (exact) mass is 398 g/mol. The second kappa shape index (κ2) is 8.11. The second-order valence-electron chi connectivity index (χ2n) is 7.79. The summed E-state index contributed by atoms with van der Waals surface area (Å²) in [5.41, 5.74) is -0.107. The maximum Gasteiger partial charge on any atom is 0.416 e. The first-order chi connectivity index (χ1) is 13.2. The van der Waals surface area contributed by atoms with Crippen LogP contribution in [0.5, 0.6) is 0 Å². The van der Waals surface area contributed by atoms with Gasteiger partial charge in [0, 0.05) is 25.0 Å². The van der Waals surface area contributed by atoms with Gasteiger partial charge in [0.05, 0.1) is 12.1 Å². The molecule has 1 aromatic rings. The number of hydrogen-bond donors (Lipinski definition) is 1. The molecule has 1 saturated heterocycles. The van der Waals surface area contributed by atoms with Gasteiger partial charge in [-0.1, -0.05) is 18.2 Å². The molecule has 3 atom stereocenters. The Labute approximate surface area is 162 Å². The van der Waals surface area contributed by atoms with Crippen LogP contribution in [-0.4, -0.2) is 59.5 Å².